The van der Waals surface area contributed by atoms with Gasteiger partial charge in [0.1, 0.15) is 18.3 Å². The first-order valence-corrected chi connectivity index (χ1v) is 7.98. The number of para-hydroxylation sites is 1. The van der Waals surface area contributed by atoms with Gasteiger partial charge in [-0.15, -0.1) is 0 Å². The van der Waals surface area contributed by atoms with Gasteiger partial charge in [-0.25, -0.2) is 4.79 Å². The van der Waals surface area contributed by atoms with Crippen molar-refractivity contribution in [2.75, 3.05) is 0 Å². The van der Waals surface area contributed by atoms with Gasteiger partial charge in [0.2, 0.25) is 5.91 Å². The molecule has 0 radical (unpaired) electrons. The molecule has 1 aromatic heterocycles. The molecule has 24 heavy (non-hydrogen) atoms. The first-order valence-electron chi connectivity index (χ1n) is 7.98. The Morgan fingerprint density at radius 2 is 2.00 bits per heavy atom. The smallest absolute Gasteiger partial charge is 0.326 e. The second-order valence-corrected chi connectivity index (χ2v) is 6.53. The largest absolute Gasteiger partial charge is 0.480 e. The number of hydrogen-bond donors (Lipinski definition) is 1. The van der Waals surface area contributed by atoms with Crippen LogP contribution in [0.2, 0.25) is 0 Å². The number of carboxylic acids is 1. The topological polar surface area (TPSA) is 92.5 Å². The highest BCUT2D eigenvalue weighted by molar-refractivity contribution is 6.05. The van der Waals surface area contributed by atoms with Gasteiger partial charge < -0.3 is 10.0 Å². The zero-order valence-corrected chi connectivity index (χ0v) is 13.2. The van der Waals surface area contributed by atoms with E-state index in [1.165, 1.54) is 16.5 Å². The molecular formula is C17H17N3O4. The fraction of sp³-hybridized carbons (Fsp3) is 0.412. The van der Waals surface area contributed by atoms with Crippen molar-refractivity contribution in [1.82, 2.24) is 14.7 Å². The number of hydrogen-bond acceptors (Lipinski definition) is 4. The van der Waals surface area contributed by atoms with Crippen LogP contribution in [0.1, 0.15) is 30.3 Å². The summed E-state index contributed by atoms with van der Waals surface area (Å²) in [7, 11) is 0. The van der Waals surface area contributed by atoms with Gasteiger partial charge in [-0.1, -0.05) is 18.2 Å². The summed E-state index contributed by atoms with van der Waals surface area (Å²) in [6.45, 7) is 1.39. The summed E-state index contributed by atoms with van der Waals surface area (Å²) < 4.78 is 1.50. The lowest BCUT2D eigenvalue weighted by Gasteiger charge is -2.24. The van der Waals surface area contributed by atoms with E-state index in [0.29, 0.717) is 28.9 Å². The number of aromatic nitrogens is 2. The lowest BCUT2D eigenvalue weighted by molar-refractivity contribution is -0.149. The average Bonchev–Trinajstić information content (AvgIpc) is 3.04. The lowest BCUT2D eigenvalue weighted by Crippen LogP contribution is -2.44. The van der Waals surface area contributed by atoms with Crippen LogP contribution < -0.4 is 0 Å². The minimum Gasteiger partial charge on any atom is -0.480 e. The van der Waals surface area contributed by atoms with Gasteiger partial charge in [0.25, 0.3) is 0 Å². The van der Waals surface area contributed by atoms with Gasteiger partial charge in [-0.05, 0) is 24.8 Å². The van der Waals surface area contributed by atoms with E-state index in [0.717, 1.165) is 6.42 Å². The summed E-state index contributed by atoms with van der Waals surface area (Å²) >= 11 is 0. The third-order valence-electron chi connectivity index (χ3n) is 4.95. The first-order chi connectivity index (χ1) is 11.5. The second-order valence-electron chi connectivity index (χ2n) is 6.53. The minimum atomic E-state index is -0.953. The molecular weight excluding hydrogens is 310 g/mol. The SMILES string of the molecule is CC(=O)c1nn(CC(=O)N2[C@@H]3C[C@@H]3C[C@H]2C(=O)O)c2ccccc12. The zero-order valence-electron chi connectivity index (χ0n) is 13.2. The molecule has 2 aromatic rings. The molecule has 7 nitrogen and oxygen atoms in total. The summed E-state index contributed by atoms with van der Waals surface area (Å²) in [6, 6.07) is 6.55. The lowest BCUT2D eigenvalue weighted by atomic mass is 10.1. The number of piperidine rings is 1. The van der Waals surface area contributed by atoms with E-state index >= 15 is 0 Å². The van der Waals surface area contributed by atoms with Crippen LogP contribution >= 0.6 is 0 Å². The Bertz CT molecular complexity index is 872. The van der Waals surface area contributed by atoms with E-state index in [1.54, 1.807) is 12.1 Å². The van der Waals surface area contributed by atoms with E-state index in [9.17, 15) is 19.5 Å². The number of nitrogens with zero attached hydrogens (tertiary/aromatic N) is 3. The number of likely N-dealkylation sites (tertiary alicyclic amines) is 1. The molecule has 1 saturated carbocycles. The fourth-order valence-electron chi connectivity index (χ4n) is 3.75. The second kappa shape index (κ2) is 5.15. The molecule has 0 unspecified atom stereocenters. The maximum atomic E-state index is 12.7. The Morgan fingerprint density at radius 1 is 1.25 bits per heavy atom. The van der Waals surface area contributed by atoms with Crippen molar-refractivity contribution in [3.8, 4) is 0 Å². The number of ketones is 1. The van der Waals surface area contributed by atoms with Crippen molar-refractivity contribution in [2.24, 2.45) is 5.92 Å². The molecule has 4 rings (SSSR count). The molecule has 1 aliphatic carbocycles. The standard InChI is InChI=1S/C17H17N3O4/c1-9(21)16-11-4-2-3-5-12(11)19(18-16)8-15(22)20-13-6-10(13)7-14(20)17(23)24/h2-5,10,13-14H,6-8H2,1H3,(H,23,24)/t10-,13-,14+/m1/s1. The third-order valence-corrected chi connectivity index (χ3v) is 4.95. The number of carbonyl (C=O) groups excluding carboxylic acids is 2. The van der Waals surface area contributed by atoms with Crippen LogP contribution in [0.4, 0.5) is 0 Å². The number of aliphatic carboxylic acids is 1. The summed E-state index contributed by atoms with van der Waals surface area (Å²) in [5.74, 6) is -1.05. The van der Waals surface area contributed by atoms with Crippen LogP contribution in [0.15, 0.2) is 24.3 Å². The van der Waals surface area contributed by atoms with Crippen molar-refractivity contribution >= 4 is 28.6 Å². The van der Waals surface area contributed by atoms with Crippen molar-refractivity contribution in [3.05, 3.63) is 30.0 Å². The van der Waals surface area contributed by atoms with Gasteiger partial charge >= 0.3 is 5.97 Å². The van der Waals surface area contributed by atoms with E-state index in [4.69, 9.17) is 0 Å². The zero-order chi connectivity index (χ0) is 17.0. The van der Waals surface area contributed by atoms with E-state index in [1.807, 2.05) is 12.1 Å². The predicted octanol–water partition coefficient (Wildman–Crippen LogP) is 1.31. The average molecular weight is 327 g/mol. The minimum absolute atomic E-state index is 0.0488. The fourth-order valence-corrected chi connectivity index (χ4v) is 3.75. The summed E-state index contributed by atoms with van der Waals surface area (Å²) in [6.07, 6.45) is 1.42. The quantitative estimate of drug-likeness (QED) is 0.855. The summed E-state index contributed by atoms with van der Waals surface area (Å²) in [5.41, 5.74) is 1.04. The molecule has 7 heteroatoms. The molecule has 1 aliphatic heterocycles. The Morgan fingerprint density at radius 3 is 2.71 bits per heavy atom. The number of benzene rings is 1. The van der Waals surface area contributed by atoms with E-state index < -0.39 is 12.0 Å². The van der Waals surface area contributed by atoms with E-state index in [2.05, 4.69) is 5.10 Å². The Labute approximate surface area is 137 Å². The van der Waals surface area contributed by atoms with Crippen molar-refractivity contribution in [2.45, 2.75) is 38.4 Å². The van der Waals surface area contributed by atoms with Crippen LogP contribution in [-0.2, 0) is 16.1 Å². The van der Waals surface area contributed by atoms with E-state index in [-0.39, 0.29) is 24.3 Å². The number of carbonyl (C=O) groups is 3. The molecule has 0 bridgehead atoms. The van der Waals surface area contributed by atoms with Crippen LogP contribution in [0.5, 0.6) is 0 Å². The summed E-state index contributed by atoms with van der Waals surface area (Å²) in [4.78, 5) is 37.3. The third kappa shape index (κ3) is 2.19. The van der Waals surface area contributed by atoms with Crippen molar-refractivity contribution in [3.63, 3.8) is 0 Å². The Hall–Kier alpha value is -2.70. The maximum Gasteiger partial charge on any atom is 0.326 e. The number of amides is 1. The summed E-state index contributed by atoms with van der Waals surface area (Å²) in [5, 5.41) is 14.3. The highest BCUT2D eigenvalue weighted by Gasteiger charge is 2.56. The maximum absolute atomic E-state index is 12.7. The Kier molecular flexibility index (Phi) is 3.19. The Balaban J connectivity index is 1.66. The number of rotatable bonds is 4. The highest BCUT2D eigenvalue weighted by Crippen LogP contribution is 2.47. The van der Waals surface area contributed by atoms with Crippen LogP contribution in [0, 0.1) is 5.92 Å². The molecule has 1 amide bonds. The molecule has 1 saturated heterocycles. The van der Waals surface area contributed by atoms with Gasteiger partial charge in [-0.3, -0.25) is 14.3 Å². The monoisotopic (exact) mass is 327 g/mol. The van der Waals surface area contributed by atoms with Crippen molar-refractivity contribution in [1.29, 1.82) is 0 Å². The molecule has 3 atom stereocenters. The first kappa shape index (κ1) is 14.9. The van der Waals surface area contributed by atoms with Crippen LogP contribution in [0.25, 0.3) is 10.9 Å². The number of Topliss-reactive ketones (excluding diaryl/α,β-unsaturated/α-hetero) is 1. The molecule has 2 heterocycles. The van der Waals surface area contributed by atoms with Gasteiger partial charge in [0.05, 0.1) is 5.52 Å². The van der Waals surface area contributed by atoms with Gasteiger partial charge in [0.15, 0.2) is 5.78 Å². The molecule has 2 fully saturated rings. The van der Waals surface area contributed by atoms with Gasteiger partial charge in [0, 0.05) is 18.4 Å². The normalized spacial score (nSPS) is 24.9. The predicted molar refractivity (Wildman–Crippen MR) is 84.5 cm³/mol. The van der Waals surface area contributed by atoms with Crippen LogP contribution in [0.3, 0.4) is 0 Å². The number of fused-ring (bicyclic) bond motifs is 2. The van der Waals surface area contributed by atoms with Crippen molar-refractivity contribution < 1.29 is 19.5 Å². The van der Waals surface area contributed by atoms with Gasteiger partial charge in [-0.2, -0.15) is 5.10 Å². The molecule has 124 valence electrons. The molecule has 1 aromatic carbocycles. The molecule has 2 aliphatic rings. The highest BCUT2D eigenvalue weighted by atomic mass is 16.4. The molecule has 1 N–H and O–H groups in total. The molecule has 0 spiro atoms. The van der Waals surface area contributed by atoms with Crippen LogP contribution in [-0.4, -0.2) is 49.5 Å². The number of carboxylic acid groups (broad SMARTS) is 1.